The second-order valence-corrected chi connectivity index (χ2v) is 7.27. The monoisotopic (exact) mass is 435 g/mol. The Kier molecular flexibility index (Phi) is 4.24. The molecule has 31 heavy (non-hydrogen) atoms. The van der Waals surface area contributed by atoms with Crippen LogP contribution in [0.3, 0.4) is 0 Å². The largest absolute Gasteiger partial charge is 0.346 e. The van der Waals surface area contributed by atoms with Gasteiger partial charge in [0.25, 0.3) is 0 Å². The summed E-state index contributed by atoms with van der Waals surface area (Å²) in [6.07, 6.45) is 4.90. The molecule has 3 aromatic heterocycles. The molecular weight excluding hydrogens is 417 g/mol. The zero-order chi connectivity index (χ0) is 23.2. The number of anilines is 2. The number of nitrogens with one attached hydrogen (secondary N) is 3. The fraction of sp³-hybridized carbons (Fsp3) is 0.0435. The van der Waals surface area contributed by atoms with Crippen LogP contribution in [0.4, 0.5) is 20.6 Å². The quantitative estimate of drug-likeness (QED) is 0.323. The molecule has 0 radical (unpaired) electrons. The number of hydrogen-bond donors (Lipinski definition) is 3. The first-order valence-electron chi connectivity index (χ1n) is 10.4. The van der Waals surface area contributed by atoms with Crippen molar-refractivity contribution >= 4 is 50.9 Å². The van der Waals surface area contributed by atoms with Gasteiger partial charge in [0.15, 0.2) is 0 Å². The average molecular weight is 436 g/mol. The van der Waals surface area contributed by atoms with Gasteiger partial charge in [0, 0.05) is 40.9 Å². The number of rotatable bonds is 4. The highest BCUT2D eigenvalue weighted by Gasteiger charge is 2.12. The fourth-order valence-electron chi connectivity index (χ4n) is 3.43. The molecule has 2 amide bonds. The van der Waals surface area contributed by atoms with Gasteiger partial charge in [-0.1, -0.05) is 17.7 Å². The number of carbonyl (C=O) groups is 1. The summed E-state index contributed by atoms with van der Waals surface area (Å²) >= 11 is 5.88. The lowest BCUT2D eigenvalue weighted by molar-refractivity contribution is 0.262. The number of amides is 2. The van der Waals surface area contributed by atoms with Crippen LogP contribution in [0.2, 0.25) is 5.02 Å². The summed E-state index contributed by atoms with van der Waals surface area (Å²) in [5.41, 5.74) is 2.03. The van der Waals surface area contributed by atoms with E-state index >= 15 is 0 Å². The van der Waals surface area contributed by atoms with E-state index in [2.05, 4.69) is 20.6 Å². The first-order chi connectivity index (χ1) is 15.8. The van der Waals surface area contributed by atoms with Crippen molar-refractivity contribution in [3.63, 3.8) is 0 Å². The Bertz CT molecular complexity index is 1510. The SMILES string of the molecule is [2H]C([2H])(c1ccnc2[nH]ccc12)n1ccc2c(NC(=O)Nc3cc(Cl)ccc3F)cccc21. The Balaban J connectivity index is 1.49. The van der Waals surface area contributed by atoms with Crippen molar-refractivity contribution in [2.24, 2.45) is 0 Å². The lowest BCUT2D eigenvalue weighted by Gasteiger charge is -2.11. The minimum atomic E-state index is -1.89. The number of H-pyrrole nitrogens is 1. The number of pyridine rings is 1. The van der Waals surface area contributed by atoms with Gasteiger partial charge in [-0.25, -0.2) is 14.2 Å². The first kappa shape index (κ1) is 16.9. The van der Waals surface area contributed by atoms with Crippen molar-refractivity contribution in [3.8, 4) is 0 Å². The van der Waals surface area contributed by atoms with Crippen molar-refractivity contribution in [3.05, 3.63) is 89.6 Å². The number of benzene rings is 2. The maximum absolute atomic E-state index is 14.0. The van der Waals surface area contributed by atoms with Gasteiger partial charge in [0.1, 0.15) is 11.5 Å². The molecular formula is C23H17ClFN5O. The summed E-state index contributed by atoms with van der Waals surface area (Å²) < 4.78 is 33.2. The number of hydrogen-bond acceptors (Lipinski definition) is 2. The minimum Gasteiger partial charge on any atom is -0.346 e. The highest BCUT2D eigenvalue weighted by molar-refractivity contribution is 6.31. The predicted octanol–water partition coefficient (Wildman–Crippen LogP) is 6.00. The molecule has 6 nitrogen and oxygen atoms in total. The van der Waals surface area contributed by atoms with Crippen LogP contribution in [0.25, 0.3) is 21.9 Å². The van der Waals surface area contributed by atoms with Crippen LogP contribution >= 0.6 is 11.6 Å². The molecule has 2 aromatic carbocycles. The summed E-state index contributed by atoms with van der Waals surface area (Å²) in [7, 11) is 0. The molecule has 3 heterocycles. The fourth-order valence-corrected chi connectivity index (χ4v) is 3.60. The Morgan fingerprint density at radius 3 is 2.90 bits per heavy atom. The van der Waals surface area contributed by atoms with E-state index in [9.17, 15) is 9.18 Å². The number of carbonyl (C=O) groups excluding carboxylic acids is 1. The molecule has 154 valence electrons. The maximum Gasteiger partial charge on any atom is 0.323 e. The van der Waals surface area contributed by atoms with Gasteiger partial charge in [0.2, 0.25) is 0 Å². The van der Waals surface area contributed by atoms with Gasteiger partial charge < -0.3 is 20.2 Å². The molecule has 0 aliphatic carbocycles. The summed E-state index contributed by atoms with van der Waals surface area (Å²) in [5, 5.41) is 6.74. The molecule has 0 aliphatic rings. The number of urea groups is 1. The van der Waals surface area contributed by atoms with E-state index in [0.29, 0.717) is 38.2 Å². The first-order valence-corrected chi connectivity index (χ1v) is 9.78. The van der Waals surface area contributed by atoms with Gasteiger partial charge in [0.05, 0.1) is 19.6 Å². The maximum atomic E-state index is 14.0. The highest BCUT2D eigenvalue weighted by Crippen LogP contribution is 2.27. The van der Waals surface area contributed by atoms with E-state index in [1.807, 2.05) is 0 Å². The smallest absolute Gasteiger partial charge is 0.323 e. The van der Waals surface area contributed by atoms with E-state index in [0.717, 1.165) is 0 Å². The predicted molar refractivity (Wildman–Crippen MR) is 121 cm³/mol. The molecule has 0 saturated carbocycles. The highest BCUT2D eigenvalue weighted by atomic mass is 35.5. The molecule has 8 heteroatoms. The molecule has 0 unspecified atom stereocenters. The zero-order valence-electron chi connectivity index (χ0n) is 18.0. The van der Waals surface area contributed by atoms with E-state index in [-0.39, 0.29) is 5.69 Å². The van der Waals surface area contributed by atoms with E-state index in [4.69, 9.17) is 14.3 Å². The molecule has 5 aromatic rings. The lowest BCUT2D eigenvalue weighted by atomic mass is 10.2. The van der Waals surface area contributed by atoms with Crippen molar-refractivity contribution in [1.82, 2.24) is 14.5 Å². The molecule has 0 saturated heterocycles. The zero-order valence-corrected chi connectivity index (χ0v) is 16.7. The summed E-state index contributed by atoms with van der Waals surface area (Å²) in [4.78, 5) is 19.7. The second-order valence-electron chi connectivity index (χ2n) is 6.84. The topological polar surface area (TPSA) is 74.7 Å². The van der Waals surface area contributed by atoms with Crippen molar-refractivity contribution in [2.45, 2.75) is 6.50 Å². The second kappa shape index (κ2) is 7.77. The Labute approximate surface area is 184 Å². The van der Waals surface area contributed by atoms with E-state index in [1.54, 1.807) is 55.0 Å². The molecule has 0 atom stereocenters. The normalized spacial score (nSPS) is 12.6. The third-order valence-corrected chi connectivity index (χ3v) is 5.09. The van der Waals surface area contributed by atoms with E-state index < -0.39 is 18.3 Å². The Morgan fingerprint density at radius 2 is 2.00 bits per heavy atom. The molecule has 0 aliphatic heterocycles. The molecule has 5 rings (SSSR count). The number of aromatic nitrogens is 3. The van der Waals surface area contributed by atoms with Crippen molar-refractivity contribution in [1.29, 1.82) is 0 Å². The summed E-state index contributed by atoms with van der Waals surface area (Å²) in [6, 6.07) is 13.5. The lowest BCUT2D eigenvalue weighted by Crippen LogP contribution is -2.20. The van der Waals surface area contributed by atoms with Crippen LogP contribution in [-0.4, -0.2) is 20.6 Å². The minimum absolute atomic E-state index is 0.0470. The van der Waals surface area contributed by atoms with Gasteiger partial charge in [-0.05, 0) is 54.1 Å². The van der Waals surface area contributed by atoms with Crippen molar-refractivity contribution in [2.75, 3.05) is 10.6 Å². The summed E-state index contributed by atoms with van der Waals surface area (Å²) in [5.74, 6) is -0.611. The van der Waals surface area contributed by atoms with Gasteiger partial charge in [-0.2, -0.15) is 0 Å². The molecule has 0 spiro atoms. The van der Waals surface area contributed by atoms with Crippen LogP contribution in [0, 0.1) is 5.82 Å². The van der Waals surface area contributed by atoms with Crippen molar-refractivity contribution < 1.29 is 11.9 Å². The third kappa shape index (κ3) is 3.71. The molecule has 0 bridgehead atoms. The van der Waals surface area contributed by atoms with Crippen LogP contribution in [-0.2, 0) is 6.50 Å². The molecule has 0 fully saturated rings. The van der Waals surface area contributed by atoms with Crippen LogP contribution in [0.5, 0.6) is 0 Å². The molecule has 3 N–H and O–H groups in total. The van der Waals surface area contributed by atoms with Gasteiger partial charge >= 0.3 is 6.03 Å². The number of fused-ring (bicyclic) bond motifs is 2. The third-order valence-electron chi connectivity index (χ3n) is 4.86. The van der Waals surface area contributed by atoms with Crippen LogP contribution in [0.1, 0.15) is 8.30 Å². The van der Waals surface area contributed by atoms with E-state index in [1.165, 1.54) is 22.8 Å². The Morgan fingerprint density at radius 1 is 1.13 bits per heavy atom. The number of nitrogens with zero attached hydrogens (tertiary/aromatic N) is 2. The summed E-state index contributed by atoms with van der Waals surface area (Å²) in [6.45, 7) is -1.89. The van der Waals surface area contributed by atoms with Gasteiger partial charge in [-0.15, -0.1) is 0 Å². The Hall–Kier alpha value is -3.84. The number of halogens is 2. The van der Waals surface area contributed by atoms with Crippen LogP contribution < -0.4 is 10.6 Å². The average Bonchev–Trinajstić information content (AvgIpc) is 3.44. The van der Waals surface area contributed by atoms with Crippen LogP contribution in [0.15, 0.2) is 73.2 Å². The number of aromatic amines is 1. The standard InChI is InChI=1S/C23H17ClFN5O/c24-15-4-5-18(25)20(12-15)29-23(31)28-19-2-1-3-21-17(19)8-11-30(21)13-14-6-9-26-22-16(14)7-10-27-22/h1-12H,13H2,(H,26,27)(H2,28,29,31)/i13D2. The van der Waals surface area contributed by atoms with Gasteiger partial charge in [-0.3, -0.25) is 0 Å².